The Morgan fingerprint density at radius 1 is 1.58 bits per heavy atom. The summed E-state index contributed by atoms with van der Waals surface area (Å²) in [6.07, 6.45) is 2.18. The Balaban J connectivity index is 2.13. The normalized spacial score (nSPS) is 24.2. The molecule has 1 atom stereocenters. The second-order valence-electron chi connectivity index (χ2n) is 2.88. The highest BCUT2D eigenvalue weighted by Gasteiger charge is 2.18. The van der Waals surface area contributed by atoms with Crippen molar-refractivity contribution in [1.29, 1.82) is 0 Å². The second kappa shape index (κ2) is 3.37. The first-order chi connectivity index (χ1) is 5.86. The Kier molecular flexibility index (Phi) is 2.23. The summed E-state index contributed by atoms with van der Waals surface area (Å²) in [6.45, 7) is 1.58. The molecule has 1 N–H and O–H groups in total. The van der Waals surface area contributed by atoms with Crippen LogP contribution in [-0.2, 0) is 4.74 Å². The first-order valence-corrected chi connectivity index (χ1v) is 4.40. The van der Waals surface area contributed by atoms with E-state index in [4.69, 9.17) is 21.5 Å². The molecule has 66 valence electrons. The zero-order valence-corrected chi connectivity index (χ0v) is 7.39. The van der Waals surface area contributed by atoms with E-state index >= 15 is 0 Å². The van der Waals surface area contributed by atoms with E-state index < -0.39 is 0 Å². The molecule has 1 aromatic rings. The summed E-state index contributed by atoms with van der Waals surface area (Å²) in [4.78, 5) is 4.32. The lowest BCUT2D eigenvalue weighted by Crippen LogP contribution is -2.16. The van der Waals surface area contributed by atoms with Gasteiger partial charge in [0.1, 0.15) is 5.82 Å². The van der Waals surface area contributed by atoms with Crippen molar-refractivity contribution in [2.45, 2.75) is 18.8 Å². The summed E-state index contributed by atoms with van der Waals surface area (Å²) < 4.78 is 10.2. The maximum absolute atomic E-state index is 5.31. The van der Waals surface area contributed by atoms with Crippen LogP contribution in [0.5, 0.6) is 0 Å². The number of hydrogen-bond donors (Lipinski definition) is 1. The van der Waals surface area contributed by atoms with Crippen LogP contribution in [0.15, 0.2) is 4.52 Å². The molecule has 5 heteroatoms. The standard InChI is InChI=1S/C7H10N2O2S/c12-7-8-6(9-11-7)5-2-1-3-10-4-5/h5H,1-4H2,(H,8,9,12). The molecule has 0 aliphatic carbocycles. The van der Waals surface area contributed by atoms with Crippen molar-refractivity contribution in [3.8, 4) is 0 Å². The summed E-state index contributed by atoms with van der Waals surface area (Å²) in [5.41, 5.74) is 0. The summed E-state index contributed by atoms with van der Waals surface area (Å²) in [7, 11) is 0. The molecule has 4 nitrogen and oxygen atoms in total. The smallest absolute Gasteiger partial charge is 0.314 e. The molecule has 1 saturated heterocycles. The van der Waals surface area contributed by atoms with Gasteiger partial charge in [-0.1, -0.05) is 0 Å². The van der Waals surface area contributed by atoms with Crippen molar-refractivity contribution in [3.05, 3.63) is 10.7 Å². The van der Waals surface area contributed by atoms with Gasteiger partial charge in [-0.3, -0.25) is 0 Å². The molecule has 1 aromatic heterocycles. The van der Waals surface area contributed by atoms with Crippen LogP contribution in [-0.4, -0.2) is 23.4 Å². The number of ether oxygens (including phenoxy) is 1. The van der Waals surface area contributed by atoms with Crippen LogP contribution in [0, 0.1) is 4.84 Å². The zero-order chi connectivity index (χ0) is 8.39. The fourth-order valence-corrected chi connectivity index (χ4v) is 1.51. The number of aromatic nitrogens is 2. The Labute approximate surface area is 74.9 Å². The highest BCUT2D eigenvalue weighted by Crippen LogP contribution is 2.21. The van der Waals surface area contributed by atoms with Crippen molar-refractivity contribution >= 4 is 12.2 Å². The summed E-state index contributed by atoms with van der Waals surface area (Å²) >= 11 is 4.75. The average molecular weight is 186 g/mol. The summed E-state index contributed by atoms with van der Waals surface area (Å²) in [5, 5.41) is 2.70. The highest BCUT2D eigenvalue weighted by atomic mass is 32.1. The van der Waals surface area contributed by atoms with Crippen molar-refractivity contribution in [3.63, 3.8) is 0 Å². The Bertz CT molecular complexity index is 300. The van der Waals surface area contributed by atoms with Gasteiger partial charge in [-0.15, -0.1) is 0 Å². The van der Waals surface area contributed by atoms with Crippen LogP contribution < -0.4 is 0 Å². The topological polar surface area (TPSA) is 51.0 Å². The van der Waals surface area contributed by atoms with Crippen LogP contribution >= 0.6 is 12.2 Å². The van der Waals surface area contributed by atoms with Gasteiger partial charge in [0, 0.05) is 12.5 Å². The molecule has 1 unspecified atom stereocenters. The van der Waals surface area contributed by atoms with E-state index in [1.54, 1.807) is 0 Å². The van der Waals surface area contributed by atoms with E-state index in [9.17, 15) is 0 Å². The average Bonchev–Trinajstić information content (AvgIpc) is 2.54. The third kappa shape index (κ3) is 1.56. The van der Waals surface area contributed by atoms with Gasteiger partial charge in [0.15, 0.2) is 0 Å². The van der Waals surface area contributed by atoms with Gasteiger partial charge in [0.2, 0.25) is 0 Å². The van der Waals surface area contributed by atoms with Crippen LogP contribution in [0.1, 0.15) is 24.6 Å². The molecule has 0 amide bonds. The molecular formula is C7H10N2O2S. The molecule has 0 aromatic carbocycles. The molecular weight excluding hydrogens is 176 g/mol. The second-order valence-corrected chi connectivity index (χ2v) is 3.23. The molecule has 1 aliphatic heterocycles. The Morgan fingerprint density at radius 2 is 2.50 bits per heavy atom. The molecule has 1 fully saturated rings. The lowest BCUT2D eigenvalue weighted by atomic mass is 10.0. The van der Waals surface area contributed by atoms with E-state index in [-0.39, 0.29) is 4.84 Å². The number of hydrogen-bond acceptors (Lipinski definition) is 4. The third-order valence-corrected chi connectivity index (χ3v) is 2.18. The first-order valence-electron chi connectivity index (χ1n) is 3.99. The molecule has 0 radical (unpaired) electrons. The van der Waals surface area contributed by atoms with Crippen molar-refractivity contribution < 1.29 is 9.26 Å². The predicted molar refractivity (Wildman–Crippen MR) is 44.5 cm³/mol. The third-order valence-electron chi connectivity index (χ3n) is 2.00. The van der Waals surface area contributed by atoms with Crippen LogP contribution in [0.2, 0.25) is 0 Å². The van der Waals surface area contributed by atoms with Gasteiger partial charge < -0.3 is 9.26 Å². The SMILES string of the molecule is S=c1nc(C2CCCOC2)[nH]o1. The minimum absolute atomic E-state index is 0.274. The number of nitrogens with one attached hydrogen (secondary N) is 1. The first kappa shape index (κ1) is 7.94. The van der Waals surface area contributed by atoms with E-state index in [1.807, 2.05) is 0 Å². The largest absolute Gasteiger partial charge is 0.381 e. The van der Waals surface area contributed by atoms with E-state index in [1.165, 1.54) is 0 Å². The molecule has 1 aliphatic rings. The van der Waals surface area contributed by atoms with Crippen molar-refractivity contribution in [1.82, 2.24) is 10.1 Å². The molecule has 0 spiro atoms. The maximum Gasteiger partial charge on any atom is 0.314 e. The molecule has 12 heavy (non-hydrogen) atoms. The van der Waals surface area contributed by atoms with Gasteiger partial charge in [0.05, 0.1) is 6.61 Å². The molecule has 2 heterocycles. The lowest BCUT2D eigenvalue weighted by Gasteiger charge is -2.18. The Morgan fingerprint density at radius 3 is 3.08 bits per heavy atom. The lowest BCUT2D eigenvalue weighted by molar-refractivity contribution is 0.0773. The maximum atomic E-state index is 5.31. The van der Waals surface area contributed by atoms with Gasteiger partial charge in [-0.2, -0.15) is 4.98 Å². The number of nitrogens with zero attached hydrogens (tertiary/aromatic N) is 1. The molecule has 0 saturated carbocycles. The van der Waals surface area contributed by atoms with Crippen LogP contribution in [0.3, 0.4) is 0 Å². The molecule has 2 rings (SSSR count). The number of rotatable bonds is 1. The van der Waals surface area contributed by atoms with E-state index in [0.29, 0.717) is 5.92 Å². The van der Waals surface area contributed by atoms with Crippen LogP contribution in [0.25, 0.3) is 0 Å². The minimum Gasteiger partial charge on any atom is -0.381 e. The zero-order valence-electron chi connectivity index (χ0n) is 6.58. The van der Waals surface area contributed by atoms with E-state index in [2.05, 4.69) is 10.1 Å². The number of aromatic amines is 1. The van der Waals surface area contributed by atoms with Gasteiger partial charge in [0.25, 0.3) is 0 Å². The fourth-order valence-electron chi connectivity index (χ4n) is 1.37. The quantitative estimate of drug-likeness (QED) is 0.677. The van der Waals surface area contributed by atoms with Crippen molar-refractivity contribution in [2.24, 2.45) is 0 Å². The van der Waals surface area contributed by atoms with Gasteiger partial charge in [-0.25, -0.2) is 5.16 Å². The van der Waals surface area contributed by atoms with Crippen LogP contribution in [0.4, 0.5) is 0 Å². The fraction of sp³-hybridized carbons (Fsp3) is 0.714. The van der Waals surface area contributed by atoms with Gasteiger partial charge >= 0.3 is 4.84 Å². The summed E-state index contributed by atoms with van der Waals surface area (Å²) in [5.74, 6) is 1.15. The monoisotopic (exact) mass is 186 g/mol. The molecule has 0 bridgehead atoms. The minimum atomic E-state index is 0.274. The summed E-state index contributed by atoms with van der Waals surface area (Å²) in [6, 6.07) is 0. The van der Waals surface area contributed by atoms with E-state index in [0.717, 1.165) is 31.9 Å². The highest BCUT2D eigenvalue weighted by molar-refractivity contribution is 7.71. The Hall–Kier alpha value is -0.680. The van der Waals surface area contributed by atoms with Gasteiger partial charge in [-0.05, 0) is 25.1 Å². The predicted octanol–water partition coefficient (Wildman–Crippen LogP) is 1.63. The van der Waals surface area contributed by atoms with Crippen molar-refractivity contribution in [2.75, 3.05) is 13.2 Å². The number of H-pyrrole nitrogens is 1.